The number of halogens is 3. The molecule has 0 amide bonds. The molecule has 0 N–H and O–H groups in total. The van der Waals surface area contributed by atoms with Gasteiger partial charge < -0.3 is 4.74 Å². The minimum absolute atomic E-state index is 0.0538. The van der Waals surface area contributed by atoms with Crippen molar-refractivity contribution >= 4 is 0 Å². The monoisotopic (exact) mass is 336 g/mol. The molecule has 0 aliphatic carbocycles. The highest BCUT2D eigenvalue weighted by molar-refractivity contribution is 5.65. The summed E-state index contributed by atoms with van der Waals surface area (Å²) >= 11 is 0. The van der Waals surface area contributed by atoms with Crippen LogP contribution in [-0.2, 0) is 6.42 Å². The average molecular weight is 336 g/mol. The van der Waals surface area contributed by atoms with E-state index in [0.717, 1.165) is 25.7 Å². The highest BCUT2D eigenvalue weighted by Crippen LogP contribution is 2.30. The van der Waals surface area contributed by atoms with Gasteiger partial charge in [0.1, 0.15) is 0 Å². The summed E-state index contributed by atoms with van der Waals surface area (Å²) in [5, 5.41) is 0. The number of benzene rings is 2. The zero-order chi connectivity index (χ0) is 17.5. The fourth-order valence-electron chi connectivity index (χ4n) is 2.58. The first-order valence-corrected chi connectivity index (χ1v) is 8.48. The molecule has 0 aliphatic heterocycles. The molecule has 0 spiro atoms. The Hall–Kier alpha value is -1.97. The Morgan fingerprint density at radius 3 is 2.33 bits per heavy atom. The van der Waals surface area contributed by atoms with Crippen LogP contribution in [0.25, 0.3) is 11.1 Å². The van der Waals surface area contributed by atoms with E-state index in [1.54, 1.807) is 13.0 Å². The largest absolute Gasteiger partial charge is 0.491 e. The molecule has 0 unspecified atom stereocenters. The summed E-state index contributed by atoms with van der Waals surface area (Å²) in [6.07, 6.45) is 4.57. The molecule has 2 aromatic rings. The Labute approximate surface area is 141 Å². The van der Waals surface area contributed by atoms with Crippen LogP contribution in [0.1, 0.15) is 45.1 Å². The number of unbranched alkanes of at least 4 members (excludes halogenated alkanes) is 3. The minimum atomic E-state index is -0.943. The lowest BCUT2D eigenvalue weighted by Gasteiger charge is -2.11. The van der Waals surface area contributed by atoms with Crippen molar-refractivity contribution in [2.75, 3.05) is 6.61 Å². The van der Waals surface area contributed by atoms with Gasteiger partial charge in [-0.05, 0) is 36.1 Å². The molecular weight excluding hydrogens is 313 g/mol. The van der Waals surface area contributed by atoms with E-state index in [2.05, 4.69) is 6.92 Å². The van der Waals surface area contributed by atoms with Crippen LogP contribution in [0.5, 0.6) is 5.75 Å². The van der Waals surface area contributed by atoms with Crippen LogP contribution in [0, 0.1) is 17.5 Å². The number of rotatable bonds is 8. The lowest BCUT2D eigenvalue weighted by Crippen LogP contribution is -2.00. The van der Waals surface area contributed by atoms with Crippen molar-refractivity contribution in [1.29, 1.82) is 0 Å². The van der Waals surface area contributed by atoms with Crippen LogP contribution in [0.3, 0.4) is 0 Å². The number of hydrogen-bond acceptors (Lipinski definition) is 1. The van der Waals surface area contributed by atoms with E-state index in [1.165, 1.54) is 24.3 Å². The van der Waals surface area contributed by atoms with E-state index in [4.69, 9.17) is 4.74 Å². The number of aryl methyl sites for hydroxylation is 1. The second kappa shape index (κ2) is 8.76. The standard InChI is InChI=1S/C20H23F3O/c1-3-5-6-7-12-24-18-11-9-15(13-17(18)21)16-10-8-14(4-2)19(22)20(16)23/h8-11,13H,3-7,12H2,1-2H3. The predicted octanol–water partition coefficient (Wildman–Crippen LogP) is 6.29. The van der Waals surface area contributed by atoms with Crippen LogP contribution in [-0.4, -0.2) is 6.61 Å². The third kappa shape index (κ3) is 4.31. The van der Waals surface area contributed by atoms with E-state index in [9.17, 15) is 13.2 Å². The molecule has 0 aliphatic rings. The molecule has 1 nitrogen and oxygen atoms in total. The molecule has 24 heavy (non-hydrogen) atoms. The third-order valence-electron chi connectivity index (χ3n) is 4.04. The third-order valence-corrected chi connectivity index (χ3v) is 4.04. The summed E-state index contributed by atoms with van der Waals surface area (Å²) < 4.78 is 47.6. The van der Waals surface area contributed by atoms with Gasteiger partial charge in [0, 0.05) is 5.56 Å². The molecule has 0 heterocycles. The molecule has 0 saturated heterocycles. The SMILES string of the molecule is CCCCCCOc1ccc(-c2ccc(CC)c(F)c2F)cc1F. The molecule has 4 heteroatoms. The Morgan fingerprint density at radius 1 is 0.875 bits per heavy atom. The highest BCUT2D eigenvalue weighted by atomic mass is 19.2. The van der Waals surface area contributed by atoms with Gasteiger partial charge in [-0.25, -0.2) is 13.2 Å². The first kappa shape index (κ1) is 18.4. The van der Waals surface area contributed by atoms with Gasteiger partial charge in [0.15, 0.2) is 23.2 Å². The van der Waals surface area contributed by atoms with E-state index in [-0.39, 0.29) is 11.3 Å². The topological polar surface area (TPSA) is 9.23 Å². The second-order valence-electron chi connectivity index (χ2n) is 5.81. The van der Waals surface area contributed by atoms with Gasteiger partial charge in [-0.3, -0.25) is 0 Å². The number of hydrogen-bond donors (Lipinski definition) is 0. The minimum Gasteiger partial charge on any atom is -0.491 e. The van der Waals surface area contributed by atoms with Gasteiger partial charge in [0.25, 0.3) is 0 Å². The van der Waals surface area contributed by atoms with Crippen molar-refractivity contribution in [3.8, 4) is 16.9 Å². The van der Waals surface area contributed by atoms with Crippen LogP contribution in [0.4, 0.5) is 13.2 Å². The van der Waals surface area contributed by atoms with Crippen molar-refractivity contribution < 1.29 is 17.9 Å². The molecule has 0 fully saturated rings. The molecular formula is C20H23F3O. The molecule has 2 rings (SSSR count). The number of ether oxygens (including phenoxy) is 1. The Morgan fingerprint density at radius 2 is 1.67 bits per heavy atom. The van der Waals surface area contributed by atoms with Gasteiger partial charge in [0.05, 0.1) is 6.61 Å². The summed E-state index contributed by atoms with van der Waals surface area (Å²) in [7, 11) is 0. The molecule has 0 bridgehead atoms. The lowest BCUT2D eigenvalue weighted by molar-refractivity contribution is 0.290. The Kier molecular flexibility index (Phi) is 6.71. The molecule has 2 aromatic carbocycles. The molecule has 0 aromatic heterocycles. The Balaban J connectivity index is 2.13. The molecule has 130 valence electrons. The summed E-state index contributed by atoms with van der Waals surface area (Å²) in [5.74, 6) is -2.24. The Bertz CT molecular complexity index is 683. The quantitative estimate of drug-likeness (QED) is 0.515. The van der Waals surface area contributed by atoms with Crippen LogP contribution in [0.15, 0.2) is 30.3 Å². The maximum absolute atomic E-state index is 14.2. The van der Waals surface area contributed by atoms with Gasteiger partial charge >= 0.3 is 0 Å². The van der Waals surface area contributed by atoms with E-state index in [1.807, 2.05) is 0 Å². The first-order chi connectivity index (χ1) is 11.6. The maximum Gasteiger partial charge on any atom is 0.166 e. The van der Waals surface area contributed by atoms with Crippen molar-refractivity contribution in [1.82, 2.24) is 0 Å². The van der Waals surface area contributed by atoms with Crippen LogP contribution in [0.2, 0.25) is 0 Å². The highest BCUT2D eigenvalue weighted by Gasteiger charge is 2.15. The first-order valence-electron chi connectivity index (χ1n) is 8.48. The average Bonchev–Trinajstić information content (AvgIpc) is 2.58. The van der Waals surface area contributed by atoms with E-state index < -0.39 is 17.5 Å². The van der Waals surface area contributed by atoms with Crippen molar-refractivity contribution in [2.45, 2.75) is 46.0 Å². The summed E-state index contributed by atoms with van der Waals surface area (Å²) in [6, 6.07) is 7.22. The van der Waals surface area contributed by atoms with Crippen LogP contribution < -0.4 is 4.74 Å². The summed E-state index contributed by atoms with van der Waals surface area (Å²) in [6.45, 7) is 4.32. The fraction of sp³-hybridized carbons (Fsp3) is 0.400. The summed E-state index contributed by atoms with van der Waals surface area (Å²) in [4.78, 5) is 0. The smallest absolute Gasteiger partial charge is 0.166 e. The van der Waals surface area contributed by atoms with Crippen molar-refractivity contribution in [3.05, 3.63) is 53.3 Å². The zero-order valence-corrected chi connectivity index (χ0v) is 14.2. The zero-order valence-electron chi connectivity index (χ0n) is 14.2. The van der Waals surface area contributed by atoms with Crippen molar-refractivity contribution in [2.24, 2.45) is 0 Å². The normalized spacial score (nSPS) is 10.9. The van der Waals surface area contributed by atoms with Crippen LogP contribution >= 0.6 is 0 Å². The van der Waals surface area contributed by atoms with Crippen molar-refractivity contribution in [3.63, 3.8) is 0 Å². The molecule has 0 radical (unpaired) electrons. The lowest BCUT2D eigenvalue weighted by atomic mass is 10.0. The fourth-order valence-corrected chi connectivity index (χ4v) is 2.58. The second-order valence-corrected chi connectivity index (χ2v) is 5.81. The van der Waals surface area contributed by atoms with E-state index >= 15 is 0 Å². The van der Waals surface area contributed by atoms with Gasteiger partial charge in [-0.1, -0.05) is 51.3 Å². The van der Waals surface area contributed by atoms with E-state index in [0.29, 0.717) is 24.2 Å². The predicted molar refractivity (Wildman–Crippen MR) is 90.8 cm³/mol. The van der Waals surface area contributed by atoms with Gasteiger partial charge in [-0.2, -0.15) is 0 Å². The summed E-state index contributed by atoms with van der Waals surface area (Å²) in [5.41, 5.74) is 0.659. The van der Waals surface area contributed by atoms with Gasteiger partial charge in [0.2, 0.25) is 0 Å². The molecule has 0 atom stereocenters. The maximum atomic E-state index is 14.2. The van der Waals surface area contributed by atoms with Gasteiger partial charge in [-0.15, -0.1) is 0 Å². The molecule has 0 saturated carbocycles.